The first-order valence-electron chi connectivity index (χ1n) is 10.1. The van der Waals surface area contributed by atoms with E-state index in [0.717, 1.165) is 17.0 Å². The fourth-order valence-electron chi connectivity index (χ4n) is 4.56. The van der Waals surface area contributed by atoms with Gasteiger partial charge in [-0.3, -0.25) is 9.89 Å². The third-order valence-corrected chi connectivity index (χ3v) is 6.15. The van der Waals surface area contributed by atoms with Crippen LogP contribution in [0.1, 0.15) is 40.8 Å². The number of aromatic amines is 1. The van der Waals surface area contributed by atoms with Gasteiger partial charge in [0, 0.05) is 23.2 Å². The fraction of sp³-hybridized carbons (Fsp3) is 0.455. The molecular weight excluding hydrogens is 408 g/mol. The van der Waals surface area contributed by atoms with E-state index in [-0.39, 0.29) is 34.9 Å². The van der Waals surface area contributed by atoms with Crippen molar-refractivity contribution in [2.75, 3.05) is 27.4 Å². The summed E-state index contributed by atoms with van der Waals surface area (Å²) in [6.45, 7) is 4.34. The SMILES string of the molecule is C=CC(=O)N[C@H]1COC[C@H]1c1[nH]nc2c1CCC(c1c(F)c(OC)cc(OC)c1F)C2. The molecule has 2 aromatic rings. The van der Waals surface area contributed by atoms with Crippen LogP contribution in [0.5, 0.6) is 11.5 Å². The molecule has 1 fully saturated rings. The van der Waals surface area contributed by atoms with Gasteiger partial charge < -0.3 is 19.5 Å². The van der Waals surface area contributed by atoms with Gasteiger partial charge in [-0.2, -0.15) is 5.10 Å². The minimum absolute atomic E-state index is 0.0354. The molecule has 2 heterocycles. The highest BCUT2D eigenvalue weighted by atomic mass is 19.1. The second-order valence-electron chi connectivity index (χ2n) is 7.79. The van der Waals surface area contributed by atoms with Crippen LogP contribution in [0, 0.1) is 11.6 Å². The molecule has 0 saturated carbocycles. The number of benzene rings is 1. The van der Waals surface area contributed by atoms with E-state index in [0.29, 0.717) is 32.5 Å². The minimum atomic E-state index is -0.707. The van der Waals surface area contributed by atoms with Gasteiger partial charge in [0.25, 0.3) is 0 Å². The molecule has 31 heavy (non-hydrogen) atoms. The maximum Gasteiger partial charge on any atom is 0.243 e. The number of fused-ring (bicyclic) bond motifs is 1. The van der Waals surface area contributed by atoms with E-state index in [1.807, 2.05) is 0 Å². The quantitative estimate of drug-likeness (QED) is 0.685. The first-order valence-corrected chi connectivity index (χ1v) is 10.1. The van der Waals surface area contributed by atoms with E-state index < -0.39 is 17.6 Å². The summed E-state index contributed by atoms with van der Waals surface area (Å²) in [5.74, 6) is -2.24. The number of H-pyrrole nitrogens is 1. The van der Waals surface area contributed by atoms with Crippen LogP contribution in [0.4, 0.5) is 8.78 Å². The Bertz CT molecular complexity index is 979. The number of aromatic nitrogens is 2. The molecule has 1 aromatic heterocycles. The molecule has 2 aliphatic rings. The van der Waals surface area contributed by atoms with E-state index in [2.05, 4.69) is 22.1 Å². The number of halogens is 2. The molecule has 2 N–H and O–H groups in total. The van der Waals surface area contributed by atoms with Crippen LogP contribution >= 0.6 is 0 Å². The Kier molecular flexibility index (Phi) is 5.95. The second kappa shape index (κ2) is 8.66. The number of rotatable bonds is 6. The fourth-order valence-corrected chi connectivity index (χ4v) is 4.56. The molecule has 1 aliphatic heterocycles. The van der Waals surface area contributed by atoms with Crippen LogP contribution < -0.4 is 14.8 Å². The van der Waals surface area contributed by atoms with E-state index >= 15 is 0 Å². The van der Waals surface area contributed by atoms with Crippen LogP contribution in [0.2, 0.25) is 0 Å². The van der Waals surface area contributed by atoms with Crippen molar-refractivity contribution in [1.29, 1.82) is 0 Å². The number of carbonyl (C=O) groups is 1. The summed E-state index contributed by atoms with van der Waals surface area (Å²) < 4.78 is 45.6. The molecule has 0 bridgehead atoms. The number of amides is 1. The van der Waals surface area contributed by atoms with Gasteiger partial charge in [0.2, 0.25) is 5.91 Å². The Hall–Kier alpha value is -2.94. The lowest BCUT2D eigenvalue weighted by Gasteiger charge is -2.25. The lowest BCUT2D eigenvalue weighted by Crippen LogP contribution is -2.38. The molecule has 1 unspecified atom stereocenters. The Morgan fingerprint density at radius 2 is 2.00 bits per heavy atom. The summed E-state index contributed by atoms with van der Waals surface area (Å²) in [6.07, 6.45) is 2.75. The zero-order valence-electron chi connectivity index (χ0n) is 17.5. The number of carbonyl (C=O) groups excluding carboxylic acids is 1. The number of ether oxygens (including phenoxy) is 3. The molecule has 3 atom stereocenters. The van der Waals surface area contributed by atoms with Crippen LogP contribution in [0.15, 0.2) is 18.7 Å². The van der Waals surface area contributed by atoms with Crippen molar-refractivity contribution in [2.24, 2.45) is 0 Å². The lowest BCUT2D eigenvalue weighted by molar-refractivity contribution is -0.117. The van der Waals surface area contributed by atoms with Gasteiger partial charge in [-0.25, -0.2) is 8.78 Å². The molecule has 1 aromatic carbocycles. The summed E-state index contributed by atoms with van der Waals surface area (Å²) in [7, 11) is 2.67. The zero-order valence-corrected chi connectivity index (χ0v) is 17.5. The van der Waals surface area contributed by atoms with Crippen LogP contribution in [0.25, 0.3) is 0 Å². The number of nitrogens with one attached hydrogen (secondary N) is 2. The van der Waals surface area contributed by atoms with Gasteiger partial charge >= 0.3 is 0 Å². The molecule has 0 spiro atoms. The lowest BCUT2D eigenvalue weighted by atomic mass is 9.80. The van der Waals surface area contributed by atoms with Gasteiger partial charge in [-0.15, -0.1) is 0 Å². The third kappa shape index (κ3) is 3.78. The molecule has 7 nitrogen and oxygen atoms in total. The Morgan fingerprint density at radius 1 is 1.29 bits per heavy atom. The third-order valence-electron chi connectivity index (χ3n) is 6.15. The highest BCUT2D eigenvalue weighted by Gasteiger charge is 2.37. The average molecular weight is 433 g/mol. The van der Waals surface area contributed by atoms with Crippen LogP contribution in [0.3, 0.4) is 0 Å². The van der Waals surface area contributed by atoms with Gasteiger partial charge in [-0.1, -0.05) is 6.58 Å². The topological polar surface area (TPSA) is 85.5 Å². The molecular formula is C22H25F2N3O4. The van der Waals surface area contributed by atoms with E-state index in [1.165, 1.54) is 26.4 Å². The first-order chi connectivity index (χ1) is 15.0. The molecule has 0 radical (unpaired) electrons. The van der Waals surface area contributed by atoms with Crippen molar-refractivity contribution in [2.45, 2.75) is 37.1 Å². The van der Waals surface area contributed by atoms with Crippen molar-refractivity contribution < 1.29 is 27.8 Å². The van der Waals surface area contributed by atoms with Crippen molar-refractivity contribution in [3.8, 4) is 11.5 Å². The summed E-state index contributed by atoms with van der Waals surface area (Å²) >= 11 is 0. The Labute approximate surface area is 178 Å². The maximum absolute atomic E-state index is 15.0. The van der Waals surface area contributed by atoms with Gasteiger partial charge in [0.1, 0.15) is 0 Å². The number of hydrogen-bond donors (Lipinski definition) is 2. The van der Waals surface area contributed by atoms with Crippen LogP contribution in [-0.2, 0) is 22.4 Å². The molecule has 9 heteroatoms. The van der Waals surface area contributed by atoms with E-state index in [9.17, 15) is 13.6 Å². The summed E-state index contributed by atoms with van der Waals surface area (Å²) in [5.41, 5.74) is 2.67. The van der Waals surface area contributed by atoms with Gasteiger partial charge in [0.05, 0.1) is 39.2 Å². The van der Waals surface area contributed by atoms with Crippen LogP contribution in [-0.4, -0.2) is 49.6 Å². The largest absolute Gasteiger partial charge is 0.494 e. The van der Waals surface area contributed by atoms with Crippen molar-refractivity contribution in [1.82, 2.24) is 15.5 Å². The Morgan fingerprint density at radius 3 is 2.65 bits per heavy atom. The Balaban J connectivity index is 1.61. The standard InChI is InChI=1S/C22H25F2N3O4/c1-4-18(28)25-15-10-31-9-13(15)22-12-6-5-11(7-14(12)26-27-22)19-20(23)16(29-2)8-17(30-3)21(19)24/h4,8,11,13,15H,1,5-7,9-10H2,2-3H3,(H,25,28)(H,26,27)/t11?,13-,15+/m1/s1. The molecule has 4 rings (SSSR count). The van der Waals surface area contributed by atoms with Gasteiger partial charge in [-0.05, 0) is 36.8 Å². The molecule has 166 valence electrons. The predicted molar refractivity (Wildman–Crippen MR) is 109 cm³/mol. The number of hydrogen-bond acceptors (Lipinski definition) is 5. The minimum Gasteiger partial charge on any atom is -0.494 e. The highest BCUT2D eigenvalue weighted by molar-refractivity contribution is 5.87. The summed E-state index contributed by atoms with van der Waals surface area (Å²) in [6, 6.07) is 1.03. The van der Waals surface area contributed by atoms with Gasteiger partial charge in [0.15, 0.2) is 23.1 Å². The predicted octanol–water partition coefficient (Wildman–Crippen LogP) is 2.76. The number of methoxy groups -OCH3 is 2. The summed E-state index contributed by atoms with van der Waals surface area (Å²) in [5, 5.41) is 10.4. The van der Waals surface area contributed by atoms with Crippen molar-refractivity contribution in [3.05, 3.63) is 52.9 Å². The zero-order chi connectivity index (χ0) is 22.1. The highest BCUT2D eigenvalue weighted by Crippen LogP contribution is 2.42. The van der Waals surface area contributed by atoms with E-state index in [4.69, 9.17) is 14.2 Å². The smallest absolute Gasteiger partial charge is 0.243 e. The monoisotopic (exact) mass is 433 g/mol. The maximum atomic E-state index is 15.0. The second-order valence-corrected chi connectivity index (χ2v) is 7.79. The van der Waals surface area contributed by atoms with Crippen molar-refractivity contribution >= 4 is 5.91 Å². The summed E-state index contributed by atoms with van der Waals surface area (Å²) in [4.78, 5) is 11.7. The number of nitrogens with zero attached hydrogens (tertiary/aromatic N) is 1. The van der Waals surface area contributed by atoms with E-state index in [1.54, 1.807) is 0 Å². The molecule has 1 saturated heterocycles. The first kappa shape index (κ1) is 21.3. The molecule has 1 amide bonds. The van der Waals surface area contributed by atoms with Crippen molar-refractivity contribution in [3.63, 3.8) is 0 Å². The normalized spacial score (nSPS) is 22.6. The molecule has 1 aliphatic carbocycles. The average Bonchev–Trinajstić information content (AvgIpc) is 3.40.